The third kappa shape index (κ3) is 4.40. The second-order valence-corrected chi connectivity index (χ2v) is 5.74. The van der Waals surface area contributed by atoms with Crippen molar-refractivity contribution < 1.29 is 24.2 Å². The van der Waals surface area contributed by atoms with Crippen LogP contribution in [0.5, 0.6) is 5.75 Å². The molecule has 0 heterocycles. The van der Waals surface area contributed by atoms with Gasteiger partial charge in [0.25, 0.3) is 0 Å². The van der Waals surface area contributed by atoms with Crippen molar-refractivity contribution in [1.29, 1.82) is 0 Å². The van der Waals surface area contributed by atoms with Crippen LogP contribution in [-0.2, 0) is 9.47 Å². The molecule has 0 saturated heterocycles. The highest BCUT2D eigenvalue weighted by atomic mass is 16.5. The van der Waals surface area contributed by atoms with E-state index in [1.165, 1.54) is 0 Å². The predicted octanol–water partition coefficient (Wildman–Crippen LogP) is 3.51. The summed E-state index contributed by atoms with van der Waals surface area (Å²) in [5, 5.41) is 10.5. The van der Waals surface area contributed by atoms with E-state index in [1.54, 1.807) is 13.8 Å². The monoisotopic (exact) mass is 337 g/mol. The predicted molar refractivity (Wildman–Crippen MR) is 92.4 cm³/mol. The molecule has 0 fully saturated rings. The van der Waals surface area contributed by atoms with Gasteiger partial charge in [-0.15, -0.1) is 0 Å². The van der Waals surface area contributed by atoms with Gasteiger partial charge in [0, 0.05) is 5.69 Å². The van der Waals surface area contributed by atoms with Crippen molar-refractivity contribution in [3.63, 3.8) is 0 Å². The first-order valence-corrected chi connectivity index (χ1v) is 8.32. The Labute approximate surface area is 142 Å². The molecule has 1 aromatic rings. The van der Waals surface area contributed by atoms with Gasteiger partial charge in [0.2, 0.25) is 0 Å². The molecule has 24 heavy (non-hydrogen) atoms. The molecule has 1 aromatic carbocycles. The standard InChI is InChI=1S/C18H27NO5/c1-5-7-9-23-17(21)13-11(3)15(19)12(4)14(16(13)20)18(22)24-10-8-6-2/h20H,5-10,19H2,1-4H3. The fourth-order valence-electron chi connectivity index (χ4n) is 2.29. The number of nitrogen functional groups attached to an aromatic ring is 1. The lowest BCUT2D eigenvalue weighted by molar-refractivity contribution is 0.0491. The summed E-state index contributed by atoms with van der Waals surface area (Å²) in [5.41, 5.74) is 6.94. The van der Waals surface area contributed by atoms with E-state index in [1.807, 2.05) is 13.8 Å². The maximum absolute atomic E-state index is 12.3. The molecule has 0 spiro atoms. The van der Waals surface area contributed by atoms with E-state index >= 15 is 0 Å². The quantitative estimate of drug-likeness (QED) is 0.326. The lowest BCUT2D eigenvalue weighted by Crippen LogP contribution is -2.16. The first-order chi connectivity index (χ1) is 11.4. The van der Waals surface area contributed by atoms with Gasteiger partial charge in [-0.2, -0.15) is 0 Å². The van der Waals surface area contributed by atoms with Crippen molar-refractivity contribution in [1.82, 2.24) is 0 Å². The number of ether oxygens (including phenoxy) is 2. The molecular weight excluding hydrogens is 310 g/mol. The second-order valence-electron chi connectivity index (χ2n) is 5.74. The van der Waals surface area contributed by atoms with Crippen LogP contribution in [0.3, 0.4) is 0 Å². The molecule has 0 amide bonds. The Morgan fingerprint density at radius 1 is 0.917 bits per heavy atom. The van der Waals surface area contributed by atoms with E-state index in [0.29, 0.717) is 11.1 Å². The average Bonchev–Trinajstić information content (AvgIpc) is 2.53. The zero-order valence-electron chi connectivity index (χ0n) is 14.9. The van der Waals surface area contributed by atoms with Gasteiger partial charge in [-0.1, -0.05) is 26.7 Å². The zero-order chi connectivity index (χ0) is 18.3. The van der Waals surface area contributed by atoms with Gasteiger partial charge in [-0.3, -0.25) is 0 Å². The Morgan fingerprint density at radius 2 is 1.29 bits per heavy atom. The van der Waals surface area contributed by atoms with Gasteiger partial charge in [-0.25, -0.2) is 9.59 Å². The van der Waals surface area contributed by atoms with Gasteiger partial charge in [0.05, 0.1) is 13.2 Å². The van der Waals surface area contributed by atoms with Crippen LogP contribution in [0.25, 0.3) is 0 Å². The van der Waals surface area contributed by atoms with Crippen molar-refractivity contribution >= 4 is 17.6 Å². The van der Waals surface area contributed by atoms with Crippen LogP contribution in [0.15, 0.2) is 0 Å². The Kier molecular flexibility index (Phi) is 7.55. The van der Waals surface area contributed by atoms with E-state index in [2.05, 4.69) is 0 Å². The second kappa shape index (κ2) is 9.15. The fourth-order valence-corrected chi connectivity index (χ4v) is 2.29. The number of hydrogen-bond acceptors (Lipinski definition) is 6. The number of carbonyl (C=O) groups is 2. The van der Waals surface area contributed by atoms with Crippen molar-refractivity contribution in [3.8, 4) is 5.75 Å². The highest BCUT2D eigenvalue weighted by Crippen LogP contribution is 2.35. The molecule has 6 heteroatoms. The average molecular weight is 337 g/mol. The van der Waals surface area contributed by atoms with E-state index < -0.39 is 17.7 Å². The van der Waals surface area contributed by atoms with Crippen LogP contribution in [0, 0.1) is 13.8 Å². The van der Waals surface area contributed by atoms with Crippen LogP contribution in [0.2, 0.25) is 0 Å². The van der Waals surface area contributed by atoms with Crippen molar-refractivity contribution in [2.45, 2.75) is 53.4 Å². The summed E-state index contributed by atoms with van der Waals surface area (Å²) < 4.78 is 10.3. The number of hydrogen-bond donors (Lipinski definition) is 2. The zero-order valence-corrected chi connectivity index (χ0v) is 14.9. The Morgan fingerprint density at radius 3 is 1.62 bits per heavy atom. The molecule has 0 aliphatic rings. The van der Waals surface area contributed by atoms with Crippen LogP contribution < -0.4 is 5.73 Å². The van der Waals surface area contributed by atoms with Gasteiger partial charge >= 0.3 is 11.9 Å². The third-order valence-corrected chi connectivity index (χ3v) is 3.90. The first-order valence-electron chi connectivity index (χ1n) is 8.32. The van der Waals surface area contributed by atoms with Crippen LogP contribution in [0.1, 0.15) is 71.4 Å². The van der Waals surface area contributed by atoms with E-state index in [9.17, 15) is 14.7 Å². The molecule has 6 nitrogen and oxygen atoms in total. The summed E-state index contributed by atoms with van der Waals surface area (Å²) in [7, 11) is 0. The smallest absolute Gasteiger partial charge is 0.342 e. The van der Waals surface area contributed by atoms with Gasteiger partial charge in [0.15, 0.2) is 0 Å². The number of aromatic hydroxyl groups is 1. The molecule has 0 saturated carbocycles. The molecule has 0 aliphatic heterocycles. The molecule has 1 rings (SSSR count). The van der Waals surface area contributed by atoms with Gasteiger partial charge in [-0.05, 0) is 37.8 Å². The van der Waals surface area contributed by atoms with Crippen molar-refractivity contribution in [2.75, 3.05) is 18.9 Å². The lowest BCUT2D eigenvalue weighted by Gasteiger charge is -2.17. The molecule has 0 atom stereocenters. The Bertz CT molecular complexity index is 561. The molecule has 0 bridgehead atoms. The molecule has 3 N–H and O–H groups in total. The third-order valence-electron chi connectivity index (χ3n) is 3.90. The summed E-state index contributed by atoms with van der Waals surface area (Å²) in [6.45, 7) is 7.68. The van der Waals surface area contributed by atoms with E-state index in [-0.39, 0.29) is 30.0 Å². The minimum Gasteiger partial charge on any atom is -0.506 e. The number of esters is 2. The lowest BCUT2D eigenvalue weighted by atomic mass is 9.95. The van der Waals surface area contributed by atoms with Crippen molar-refractivity contribution in [2.24, 2.45) is 0 Å². The summed E-state index contributed by atoms with van der Waals surface area (Å²) >= 11 is 0. The number of benzene rings is 1. The van der Waals surface area contributed by atoms with Crippen LogP contribution in [-0.4, -0.2) is 30.3 Å². The minimum absolute atomic E-state index is 0.0726. The van der Waals surface area contributed by atoms with Crippen LogP contribution in [0.4, 0.5) is 5.69 Å². The Hall–Kier alpha value is -2.24. The number of phenols is 1. The molecule has 0 aliphatic carbocycles. The number of nitrogens with two attached hydrogens (primary N) is 1. The van der Waals surface area contributed by atoms with Crippen molar-refractivity contribution in [3.05, 3.63) is 22.3 Å². The summed E-state index contributed by atoms with van der Waals surface area (Å²) in [5.74, 6) is -1.80. The number of anilines is 1. The molecular formula is C18H27NO5. The summed E-state index contributed by atoms with van der Waals surface area (Å²) in [6.07, 6.45) is 3.20. The molecule has 134 valence electrons. The highest BCUT2D eigenvalue weighted by Gasteiger charge is 2.28. The van der Waals surface area contributed by atoms with Gasteiger partial charge in [0.1, 0.15) is 16.9 Å². The topological polar surface area (TPSA) is 98.9 Å². The number of carbonyl (C=O) groups excluding carboxylic acids is 2. The van der Waals surface area contributed by atoms with E-state index in [0.717, 1.165) is 25.7 Å². The minimum atomic E-state index is -0.687. The summed E-state index contributed by atoms with van der Waals surface area (Å²) in [6, 6.07) is 0. The van der Waals surface area contributed by atoms with Gasteiger partial charge < -0.3 is 20.3 Å². The first kappa shape index (κ1) is 19.8. The highest BCUT2D eigenvalue weighted by molar-refractivity contribution is 6.04. The fraction of sp³-hybridized carbons (Fsp3) is 0.556. The van der Waals surface area contributed by atoms with Crippen LogP contribution >= 0.6 is 0 Å². The number of phenolic OH excluding ortho intramolecular Hbond substituents is 1. The molecule has 0 unspecified atom stereocenters. The number of rotatable bonds is 8. The summed E-state index contributed by atoms with van der Waals surface area (Å²) in [4.78, 5) is 24.5. The Balaban J connectivity index is 3.21. The number of unbranched alkanes of at least 4 members (excludes halogenated alkanes) is 2. The maximum Gasteiger partial charge on any atom is 0.342 e. The molecule has 0 aromatic heterocycles. The maximum atomic E-state index is 12.3. The normalized spacial score (nSPS) is 10.5. The largest absolute Gasteiger partial charge is 0.506 e. The SMILES string of the molecule is CCCCOC(=O)c1c(C)c(N)c(C)c(C(=O)OCCCC)c1O. The van der Waals surface area contributed by atoms with E-state index in [4.69, 9.17) is 15.2 Å². The molecule has 0 radical (unpaired) electrons.